The Hall–Kier alpha value is -2.95. The molecule has 1 aliphatic rings. The molecule has 2 aromatic rings. The fourth-order valence-corrected chi connectivity index (χ4v) is 3.98. The zero-order valence-corrected chi connectivity index (χ0v) is 18.0. The van der Waals surface area contributed by atoms with Gasteiger partial charge < -0.3 is 10.2 Å². The minimum Gasteiger partial charge on any atom is -0.325 e. The van der Waals surface area contributed by atoms with E-state index in [0.29, 0.717) is 32.9 Å². The summed E-state index contributed by atoms with van der Waals surface area (Å²) in [7, 11) is 0. The molecule has 0 saturated carbocycles. The summed E-state index contributed by atoms with van der Waals surface area (Å²) < 4.78 is 0. The number of hydrogen-bond donors (Lipinski definition) is 1. The molecular formula is C21H19ClN4O2S. The molecule has 6 nitrogen and oxygen atoms in total. The molecule has 1 saturated heterocycles. The third kappa shape index (κ3) is 3.57. The molecule has 0 aliphatic carbocycles. The largest absolute Gasteiger partial charge is 0.325 e. The second-order valence-electron chi connectivity index (χ2n) is 7.25. The number of anilines is 3. The molecule has 3 rings (SSSR count). The van der Waals surface area contributed by atoms with Gasteiger partial charge in [0, 0.05) is 18.3 Å². The predicted molar refractivity (Wildman–Crippen MR) is 120 cm³/mol. The van der Waals surface area contributed by atoms with Crippen molar-refractivity contribution in [3.05, 3.63) is 58.4 Å². The topological polar surface area (TPSA) is 57.0 Å². The Morgan fingerprint density at radius 3 is 2.45 bits per heavy atom. The van der Waals surface area contributed by atoms with Crippen molar-refractivity contribution in [3.63, 3.8) is 0 Å². The second-order valence-corrected chi connectivity index (χ2v) is 8.02. The average Bonchev–Trinajstić information content (AvgIpc) is 2.81. The summed E-state index contributed by atoms with van der Waals surface area (Å²) >= 11 is 11.9. The van der Waals surface area contributed by atoms with Crippen molar-refractivity contribution in [2.75, 3.05) is 15.1 Å². The van der Waals surface area contributed by atoms with Crippen molar-refractivity contribution in [2.24, 2.45) is 0 Å². The van der Waals surface area contributed by atoms with Gasteiger partial charge in [-0.25, -0.2) is 4.85 Å². The Morgan fingerprint density at radius 1 is 1.21 bits per heavy atom. The lowest BCUT2D eigenvalue weighted by Gasteiger charge is -2.30. The van der Waals surface area contributed by atoms with E-state index in [1.165, 1.54) is 11.8 Å². The number of amides is 2. The van der Waals surface area contributed by atoms with Gasteiger partial charge in [0.25, 0.3) is 5.91 Å². The average molecular weight is 427 g/mol. The molecule has 0 spiro atoms. The maximum atomic E-state index is 13.3. The lowest BCUT2D eigenvalue weighted by molar-refractivity contribution is -0.120. The van der Waals surface area contributed by atoms with Gasteiger partial charge in [-0.05, 0) is 68.9 Å². The molecule has 8 heteroatoms. The molecule has 2 amide bonds. The first-order valence-electron chi connectivity index (χ1n) is 8.82. The summed E-state index contributed by atoms with van der Waals surface area (Å²) in [5.74, 6) is -0.436. The highest BCUT2D eigenvalue weighted by Crippen LogP contribution is 2.39. The summed E-state index contributed by atoms with van der Waals surface area (Å²) in [6, 6.07) is 10.3. The van der Waals surface area contributed by atoms with Crippen molar-refractivity contribution in [3.8, 4) is 0 Å². The van der Waals surface area contributed by atoms with Crippen LogP contribution in [0.5, 0.6) is 0 Å². The molecule has 0 atom stereocenters. The maximum absolute atomic E-state index is 13.3. The standard InChI is InChI=1S/C21H19ClN4O2S/c1-12-10-14(7-9-17(12)23-5)25-19(28)21(3,4)26(20(25)29)15-6-8-16(22)18(11-15)24-13(2)27/h6-11H,1-4H3,(H,24,27). The summed E-state index contributed by atoms with van der Waals surface area (Å²) in [4.78, 5) is 31.4. The molecule has 0 unspecified atom stereocenters. The predicted octanol–water partition coefficient (Wildman–Crippen LogP) is 5.07. The lowest BCUT2D eigenvalue weighted by atomic mass is 10.0. The first-order chi connectivity index (χ1) is 13.6. The quantitative estimate of drug-likeness (QED) is 0.549. The Bertz CT molecular complexity index is 1090. The van der Waals surface area contributed by atoms with Crippen molar-refractivity contribution in [1.82, 2.24) is 0 Å². The summed E-state index contributed by atoms with van der Waals surface area (Å²) in [6.07, 6.45) is 0. The number of halogens is 1. The number of thiocarbonyl (C=S) groups is 1. The number of aryl methyl sites for hydroxylation is 1. The van der Waals surface area contributed by atoms with Crippen molar-refractivity contribution < 1.29 is 9.59 Å². The Kier molecular flexibility index (Phi) is 5.35. The fourth-order valence-electron chi connectivity index (χ4n) is 3.30. The zero-order chi connectivity index (χ0) is 21.5. The maximum Gasteiger partial charge on any atom is 0.259 e. The van der Waals surface area contributed by atoms with E-state index >= 15 is 0 Å². The van der Waals surface area contributed by atoms with Crippen LogP contribution in [0.25, 0.3) is 4.85 Å². The normalized spacial score (nSPS) is 15.4. The van der Waals surface area contributed by atoms with E-state index in [9.17, 15) is 9.59 Å². The SMILES string of the molecule is [C-]#[N+]c1ccc(N2C(=O)C(C)(C)N(c3ccc(Cl)c(NC(C)=O)c3)C2=S)cc1C. The Morgan fingerprint density at radius 2 is 1.86 bits per heavy atom. The molecule has 1 fully saturated rings. The van der Waals surface area contributed by atoms with Gasteiger partial charge in [-0.1, -0.05) is 17.7 Å². The molecule has 0 aromatic heterocycles. The van der Waals surface area contributed by atoms with E-state index in [1.54, 1.807) is 55.1 Å². The highest BCUT2D eigenvalue weighted by atomic mass is 35.5. The van der Waals surface area contributed by atoms with E-state index in [1.807, 2.05) is 6.92 Å². The van der Waals surface area contributed by atoms with Crippen LogP contribution in [0.2, 0.25) is 5.02 Å². The monoisotopic (exact) mass is 426 g/mol. The molecule has 1 N–H and O–H groups in total. The first kappa shape index (κ1) is 20.8. The first-order valence-corrected chi connectivity index (χ1v) is 9.60. The van der Waals surface area contributed by atoms with Gasteiger partial charge in [-0.15, -0.1) is 0 Å². The van der Waals surface area contributed by atoms with Gasteiger partial charge in [0.15, 0.2) is 10.8 Å². The van der Waals surface area contributed by atoms with Crippen molar-refractivity contribution in [2.45, 2.75) is 33.2 Å². The number of hydrogen-bond acceptors (Lipinski definition) is 3. The van der Waals surface area contributed by atoms with Crippen LogP contribution in [0.15, 0.2) is 36.4 Å². The van der Waals surface area contributed by atoms with E-state index < -0.39 is 5.54 Å². The molecule has 1 heterocycles. The van der Waals surface area contributed by atoms with Crippen LogP contribution < -0.4 is 15.1 Å². The summed E-state index contributed by atoms with van der Waals surface area (Å²) in [6.45, 7) is 14.0. The van der Waals surface area contributed by atoms with E-state index in [4.69, 9.17) is 30.4 Å². The van der Waals surface area contributed by atoms with Crippen molar-refractivity contribution in [1.29, 1.82) is 0 Å². The highest BCUT2D eigenvalue weighted by Gasteiger charge is 2.50. The van der Waals surface area contributed by atoms with Gasteiger partial charge in [0.05, 0.1) is 17.3 Å². The molecule has 2 aromatic carbocycles. The zero-order valence-electron chi connectivity index (χ0n) is 16.4. The number of rotatable bonds is 3. The third-order valence-corrected chi connectivity index (χ3v) is 5.44. The van der Waals surface area contributed by atoms with Crippen LogP contribution in [-0.2, 0) is 9.59 Å². The van der Waals surface area contributed by atoms with Crippen LogP contribution in [0.3, 0.4) is 0 Å². The molecule has 0 bridgehead atoms. The summed E-state index contributed by atoms with van der Waals surface area (Å²) in [5.41, 5.74) is 2.03. The number of benzene rings is 2. The van der Waals surface area contributed by atoms with Crippen LogP contribution in [-0.4, -0.2) is 22.5 Å². The van der Waals surface area contributed by atoms with Gasteiger partial charge in [0.2, 0.25) is 5.91 Å². The third-order valence-electron chi connectivity index (χ3n) is 4.75. The second kappa shape index (κ2) is 7.47. The number of nitrogens with zero attached hydrogens (tertiary/aromatic N) is 3. The minimum atomic E-state index is -0.954. The Labute approximate surface area is 179 Å². The minimum absolute atomic E-state index is 0.187. The molecular weight excluding hydrogens is 408 g/mol. The lowest BCUT2D eigenvalue weighted by Crippen LogP contribution is -2.44. The van der Waals surface area contributed by atoms with E-state index in [2.05, 4.69) is 10.2 Å². The number of carbonyl (C=O) groups excluding carboxylic acids is 2. The van der Waals surface area contributed by atoms with Crippen LogP contribution >= 0.6 is 23.8 Å². The summed E-state index contributed by atoms with van der Waals surface area (Å²) in [5, 5.41) is 3.39. The number of carbonyl (C=O) groups is 2. The van der Waals surface area contributed by atoms with Crippen LogP contribution in [0.1, 0.15) is 26.3 Å². The highest BCUT2D eigenvalue weighted by molar-refractivity contribution is 7.81. The molecule has 1 aliphatic heterocycles. The molecule has 0 radical (unpaired) electrons. The van der Waals surface area contributed by atoms with Crippen LogP contribution in [0, 0.1) is 13.5 Å². The van der Waals surface area contributed by atoms with Gasteiger partial charge in [-0.3, -0.25) is 14.5 Å². The van der Waals surface area contributed by atoms with Gasteiger partial charge in [0.1, 0.15) is 5.54 Å². The smallest absolute Gasteiger partial charge is 0.259 e. The van der Waals surface area contributed by atoms with E-state index in [0.717, 1.165) is 5.56 Å². The van der Waals surface area contributed by atoms with Crippen LogP contribution in [0.4, 0.5) is 22.7 Å². The Balaban J connectivity index is 2.07. The molecule has 29 heavy (non-hydrogen) atoms. The fraction of sp³-hybridized carbons (Fsp3) is 0.238. The van der Waals surface area contributed by atoms with Crippen molar-refractivity contribution >= 4 is 63.5 Å². The molecule has 148 valence electrons. The van der Waals surface area contributed by atoms with Gasteiger partial charge in [-0.2, -0.15) is 0 Å². The van der Waals surface area contributed by atoms with Gasteiger partial charge >= 0.3 is 0 Å². The number of nitrogens with one attached hydrogen (secondary N) is 1. The van der Waals surface area contributed by atoms with E-state index in [-0.39, 0.29) is 11.8 Å².